The molecular weight excluding hydrogens is 419 g/mol. The summed E-state index contributed by atoms with van der Waals surface area (Å²) in [6, 6.07) is 4.73. The van der Waals surface area contributed by atoms with Gasteiger partial charge in [0.25, 0.3) is 11.3 Å². The van der Waals surface area contributed by atoms with Gasteiger partial charge in [-0.3, -0.25) is 9.78 Å². The lowest BCUT2D eigenvalue weighted by Gasteiger charge is -2.31. The highest BCUT2D eigenvalue weighted by Crippen LogP contribution is 2.49. The van der Waals surface area contributed by atoms with Gasteiger partial charge in [-0.2, -0.15) is 13.8 Å². The fourth-order valence-corrected chi connectivity index (χ4v) is 3.06. The van der Waals surface area contributed by atoms with Crippen molar-refractivity contribution < 1.29 is 37.9 Å². The number of imidazole rings is 1. The summed E-state index contributed by atoms with van der Waals surface area (Å²) < 4.78 is 43.5. The van der Waals surface area contributed by atoms with Crippen molar-refractivity contribution in [3.63, 3.8) is 0 Å². The monoisotopic (exact) mass is 433 g/mol. The quantitative estimate of drug-likeness (QED) is 0.219. The van der Waals surface area contributed by atoms with Crippen LogP contribution in [-0.2, 0) is 21.4 Å². The van der Waals surface area contributed by atoms with Crippen LogP contribution < -0.4 is 11.3 Å². The average Bonchev–Trinajstić information content (AvgIpc) is 2.96. The molecular formula is C14H14F2N5O7P. The van der Waals surface area contributed by atoms with E-state index in [0.717, 1.165) is 12.4 Å². The van der Waals surface area contributed by atoms with Gasteiger partial charge in [-0.25, -0.2) is 14.1 Å². The third kappa shape index (κ3) is 4.03. The Morgan fingerprint density at radius 3 is 2.59 bits per heavy atom. The zero-order chi connectivity index (χ0) is 21.6. The molecule has 12 nitrogen and oxygen atoms in total. The predicted octanol–water partition coefficient (Wildman–Crippen LogP) is -0.410. The van der Waals surface area contributed by atoms with E-state index in [9.17, 15) is 28.4 Å². The lowest BCUT2D eigenvalue weighted by molar-refractivity contribution is -0.381. The van der Waals surface area contributed by atoms with Gasteiger partial charge in [0.1, 0.15) is 0 Å². The second-order valence-corrected chi connectivity index (χ2v) is 7.09. The van der Waals surface area contributed by atoms with E-state index >= 15 is 0 Å². The molecule has 2 heterocycles. The van der Waals surface area contributed by atoms with Gasteiger partial charge in [-0.15, -0.1) is 0 Å². The van der Waals surface area contributed by atoms with E-state index in [4.69, 9.17) is 15.5 Å². The first-order valence-electron chi connectivity index (χ1n) is 7.70. The number of nitrogens with two attached hydrogens (primary N) is 1. The van der Waals surface area contributed by atoms with Gasteiger partial charge in [0, 0.05) is 5.56 Å². The Hall–Kier alpha value is -2.74. The molecule has 0 saturated carbocycles. The van der Waals surface area contributed by atoms with Gasteiger partial charge in [0.2, 0.25) is 5.95 Å². The number of aromatic nitrogens is 4. The molecule has 29 heavy (non-hydrogen) atoms. The Kier molecular flexibility index (Phi) is 5.03. The number of phosphoric acid groups is 1. The molecule has 3 rings (SSSR count). The fourth-order valence-electron chi connectivity index (χ4n) is 2.64. The predicted molar refractivity (Wildman–Crippen MR) is 92.3 cm³/mol. The maximum Gasteiger partial charge on any atom is 0.474 e. The first-order chi connectivity index (χ1) is 13.3. The maximum absolute atomic E-state index is 14.1. The Morgan fingerprint density at radius 2 is 1.93 bits per heavy atom. The van der Waals surface area contributed by atoms with Crippen molar-refractivity contribution in [3.05, 3.63) is 52.1 Å². The average molecular weight is 433 g/mol. The minimum absolute atomic E-state index is 0.000704. The van der Waals surface area contributed by atoms with Gasteiger partial charge in [-0.1, -0.05) is 24.3 Å². The van der Waals surface area contributed by atoms with Gasteiger partial charge in [0.15, 0.2) is 11.2 Å². The summed E-state index contributed by atoms with van der Waals surface area (Å²) in [6.45, 7) is -0.322. The number of aromatic amines is 1. The van der Waals surface area contributed by atoms with E-state index in [1.807, 2.05) is 0 Å². The number of benzene rings is 1. The molecule has 7 N–H and O–H groups in total. The number of rotatable bonds is 6. The highest BCUT2D eigenvalue weighted by molar-refractivity contribution is 7.46. The molecule has 0 radical (unpaired) electrons. The van der Waals surface area contributed by atoms with Crippen molar-refractivity contribution >= 4 is 24.9 Å². The number of hydrogen-bond acceptors (Lipinski definition) is 8. The van der Waals surface area contributed by atoms with Crippen molar-refractivity contribution in [3.8, 4) is 0 Å². The third-order valence-electron chi connectivity index (χ3n) is 3.87. The zero-order valence-electron chi connectivity index (χ0n) is 14.2. The number of anilines is 1. The number of phosphoric ester groups is 1. The highest BCUT2D eigenvalue weighted by atomic mass is 31.2. The van der Waals surface area contributed by atoms with Crippen molar-refractivity contribution in [1.82, 2.24) is 19.5 Å². The molecule has 0 bridgehead atoms. The number of fused-ring (bicyclic) bond motifs is 1. The van der Waals surface area contributed by atoms with E-state index in [2.05, 4.69) is 19.5 Å². The lowest BCUT2D eigenvalue weighted by atomic mass is 9.98. The minimum atomic E-state index is -5.77. The van der Waals surface area contributed by atoms with Crippen LogP contribution in [0.5, 0.6) is 0 Å². The van der Waals surface area contributed by atoms with Crippen LogP contribution in [-0.4, -0.2) is 45.6 Å². The number of aliphatic hydroxyl groups is 2. The smallest absolute Gasteiger partial charge is 0.369 e. The molecule has 0 unspecified atom stereocenters. The standard InChI is InChI=1S/C14H14F2N5O7P/c15-14(16,28-29(25,26)27)13(23,24)8-4-2-1-3-7(8)5-21-6-18-9-10(21)19-12(17)20-11(9)22/h1-4,6,23-24H,5H2,(H2,25,26,27)(H3,17,19,20,22). The van der Waals surface area contributed by atoms with Gasteiger partial charge >= 0.3 is 13.9 Å². The summed E-state index contributed by atoms with van der Waals surface area (Å²) in [5.74, 6) is -4.33. The molecule has 156 valence electrons. The number of alkyl halides is 2. The zero-order valence-corrected chi connectivity index (χ0v) is 15.1. The normalized spacial score (nSPS) is 13.2. The Morgan fingerprint density at radius 1 is 1.28 bits per heavy atom. The Labute approximate surface area is 159 Å². The summed E-state index contributed by atoms with van der Waals surface area (Å²) in [7, 11) is -5.77. The van der Waals surface area contributed by atoms with Crippen LogP contribution in [0, 0.1) is 0 Å². The maximum atomic E-state index is 14.1. The lowest BCUT2D eigenvalue weighted by Crippen LogP contribution is -2.47. The fraction of sp³-hybridized carbons (Fsp3) is 0.214. The summed E-state index contributed by atoms with van der Waals surface area (Å²) >= 11 is 0. The van der Waals surface area contributed by atoms with E-state index in [0.29, 0.717) is 0 Å². The van der Waals surface area contributed by atoms with Crippen molar-refractivity contribution in [2.75, 3.05) is 5.73 Å². The molecule has 0 atom stereocenters. The second-order valence-electron chi connectivity index (χ2n) is 5.92. The molecule has 3 aromatic rings. The summed E-state index contributed by atoms with van der Waals surface area (Å²) in [6.07, 6.45) is -3.91. The number of nitrogen functional groups attached to an aromatic ring is 1. The molecule has 0 saturated heterocycles. The van der Waals surface area contributed by atoms with Crippen LogP contribution >= 0.6 is 7.82 Å². The summed E-state index contributed by atoms with van der Waals surface area (Å²) in [5.41, 5.74) is 3.83. The Balaban J connectivity index is 2.07. The van der Waals surface area contributed by atoms with Crippen LogP contribution in [0.25, 0.3) is 11.2 Å². The van der Waals surface area contributed by atoms with E-state index in [1.165, 1.54) is 22.8 Å². The van der Waals surface area contributed by atoms with Gasteiger partial charge in [-0.05, 0) is 5.56 Å². The number of hydrogen-bond donors (Lipinski definition) is 6. The van der Waals surface area contributed by atoms with Crippen LogP contribution in [0.3, 0.4) is 0 Å². The summed E-state index contributed by atoms with van der Waals surface area (Å²) in [5, 5.41) is 20.0. The molecule has 0 fully saturated rings. The molecule has 0 amide bonds. The number of nitrogens with one attached hydrogen (secondary N) is 1. The van der Waals surface area contributed by atoms with Crippen molar-refractivity contribution in [2.45, 2.75) is 18.4 Å². The van der Waals surface area contributed by atoms with E-state index in [-0.39, 0.29) is 29.2 Å². The largest absolute Gasteiger partial charge is 0.474 e. The molecule has 15 heteroatoms. The highest BCUT2D eigenvalue weighted by Gasteiger charge is 2.59. The number of nitrogens with zero attached hydrogens (tertiary/aromatic N) is 3. The van der Waals surface area contributed by atoms with Crippen LogP contribution in [0.4, 0.5) is 14.7 Å². The van der Waals surface area contributed by atoms with Gasteiger partial charge < -0.3 is 30.3 Å². The molecule has 1 aromatic carbocycles. The van der Waals surface area contributed by atoms with E-state index in [1.54, 1.807) is 0 Å². The SMILES string of the molecule is Nc1nc2c(ncn2Cc2ccccc2C(O)(O)C(F)(F)OP(=O)(O)O)c(=O)[nH]1. The first-order valence-corrected chi connectivity index (χ1v) is 9.23. The van der Waals surface area contributed by atoms with Crippen molar-refractivity contribution in [2.24, 2.45) is 0 Å². The molecule has 0 aliphatic heterocycles. The number of H-pyrrole nitrogens is 1. The van der Waals surface area contributed by atoms with E-state index < -0.39 is 30.8 Å². The molecule has 0 aliphatic carbocycles. The minimum Gasteiger partial charge on any atom is -0.369 e. The van der Waals surface area contributed by atoms with Crippen LogP contribution in [0.1, 0.15) is 11.1 Å². The van der Waals surface area contributed by atoms with Crippen molar-refractivity contribution in [1.29, 1.82) is 0 Å². The number of halogens is 2. The van der Waals surface area contributed by atoms with Crippen LogP contribution in [0.15, 0.2) is 35.4 Å². The second kappa shape index (κ2) is 6.95. The summed E-state index contributed by atoms with van der Waals surface area (Å²) in [4.78, 5) is 39.1. The first kappa shape index (κ1) is 21.0. The van der Waals surface area contributed by atoms with Crippen LogP contribution in [0.2, 0.25) is 0 Å². The molecule has 2 aromatic heterocycles. The Bertz CT molecular complexity index is 1170. The topological polar surface area (TPSA) is 197 Å². The molecule has 0 aliphatic rings. The third-order valence-corrected chi connectivity index (χ3v) is 4.33. The van der Waals surface area contributed by atoms with Gasteiger partial charge in [0.05, 0.1) is 12.9 Å². The molecule has 0 spiro atoms.